The molecule has 0 spiro atoms. The Kier molecular flexibility index (Phi) is 3.87. The van der Waals surface area contributed by atoms with E-state index in [-0.39, 0.29) is 6.54 Å². The second kappa shape index (κ2) is 5.40. The lowest BCUT2D eigenvalue weighted by atomic mass is 10.3. The van der Waals surface area contributed by atoms with Gasteiger partial charge >= 0.3 is 5.97 Å². The number of fused-ring (bicyclic) bond motifs is 1. The number of nitrogens with zero attached hydrogens (tertiary/aromatic N) is 2. The molecular weight excluding hydrogens is 252 g/mol. The first kappa shape index (κ1) is 12.9. The van der Waals surface area contributed by atoms with E-state index in [0.29, 0.717) is 0 Å². The molecule has 0 saturated carbocycles. The number of rotatable bonds is 5. The van der Waals surface area contributed by atoms with Gasteiger partial charge in [-0.05, 0) is 18.6 Å². The number of carboxylic acids is 1. The van der Waals surface area contributed by atoms with Crippen LogP contribution in [0.5, 0.6) is 0 Å². The van der Waals surface area contributed by atoms with Crippen LogP contribution >= 0.6 is 11.6 Å². The summed E-state index contributed by atoms with van der Waals surface area (Å²) in [6.07, 6.45) is 1.78. The molecule has 18 heavy (non-hydrogen) atoms. The third-order valence-corrected chi connectivity index (χ3v) is 3.14. The standard InChI is InChI=1S/C13H15ClN2O2/c1-2-5-12-15-10-6-3-4-7-11(10)16(12)8-9(14)13(17)18/h3-4,6-7,9H,2,5,8H2,1H3,(H,17,18). The SMILES string of the molecule is CCCc1nc2ccccc2n1CC(Cl)C(=O)O. The van der Waals surface area contributed by atoms with E-state index in [1.165, 1.54) is 0 Å². The van der Waals surface area contributed by atoms with Crippen LogP contribution in [0.1, 0.15) is 19.2 Å². The minimum Gasteiger partial charge on any atom is -0.480 e. The van der Waals surface area contributed by atoms with Gasteiger partial charge in [0.25, 0.3) is 0 Å². The summed E-state index contributed by atoms with van der Waals surface area (Å²) in [5.74, 6) is -0.109. The Bertz CT molecular complexity index is 565. The average Bonchev–Trinajstić information content (AvgIpc) is 2.68. The molecule has 2 rings (SSSR count). The molecule has 0 aliphatic heterocycles. The molecule has 0 amide bonds. The number of hydrogen-bond donors (Lipinski definition) is 1. The number of halogens is 1. The maximum absolute atomic E-state index is 10.9. The third-order valence-electron chi connectivity index (χ3n) is 2.82. The number of imidazole rings is 1. The Morgan fingerprint density at radius 1 is 1.50 bits per heavy atom. The number of aromatic nitrogens is 2. The van der Waals surface area contributed by atoms with Gasteiger partial charge in [0.1, 0.15) is 11.2 Å². The highest BCUT2D eigenvalue weighted by atomic mass is 35.5. The molecule has 5 heteroatoms. The fourth-order valence-electron chi connectivity index (χ4n) is 1.98. The summed E-state index contributed by atoms with van der Waals surface area (Å²) in [4.78, 5) is 15.4. The molecule has 1 N–H and O–H groups in total. The number of aryl methyl sites for hydroxylation is 1. The first-order valence-electron chi connectivity index (χ1n) is 5.94. The van der Waals surface area contributed by atoms with Gasteiger partial charge < -0.3 is 9.67 Å². The van der Waals surface area contributed by atoms with Crippen molar-refractivity contribution in [2.24, 2.45) is 0 Å². The van der Waals surface area contributed by atoms with Crippen LogP contribution in [0.25, 0.3) is 11.0 Å². The minimum absolute atomic E-state index is 0.243. The summed E-state index contributed by atoms with van der Waals surface area (Å²) < 4.78 is 1.91. The van der Waals surface area contributed by atoms with Gasteiger partial charge in [-0.15, -0.1) is 11.6 Å². The van der Waals surface area contributed by atoms with Gasteiger partial charge in [0.2, 0.25) is 0 Å². The zero-order valence-corrected chi connectivity index (χ0v) is 10.9. The number of carbonyl (C=O) groups is 1. The normalized spacial score (nSPS) is 12.8. The van der Waals surface area contributed by atoms with Gasteiger partial charge in [-0.2, -0.15) is 0 Å². The summed E-state index contributed by atoms with van der Waals surface area (Å²) in [6, 6.07) is 7.70. The molecule has 1 heterocycles. The molecule has 1 aromatic carbocycles. The van der Waals surface area contributed by atoms with Crippen LogP contribution in [0.15, 0.2) is 24.3 Å². The van der Waals surface area contributed by atoms with E-state index in [0.717, 1.165) is 29.7 Å². The van der Waals surface area contributed by atoms with Crippen LogP contribution in [-0.2, 0) is 17.8 Å². The smallest absolute Gasteiger partial charge is 0.323 e. The van der Waals surface area contributed by atoms with E-state index < -0.39 is 11.3 Å². The van der Waals surface area contributed by atoms with E-state index >= 15 is 0 Å². The van der Waals surface area contributed by atoms with E-state index in [9.17, 15) is 4.79 Å². The van der Waals surface area contributed by atoms with Crippen molar-refractivity contribution in [3.63, 3.8) is 0 Å². The molecule has 4 nitrogen and oxygen atoms in total. The van der Waals surface area contributed by atoms with Crippen molar-refractivity contribution in [2.75, 3.05) is 0 Å². The van der Waals surface area contributed by atoms with Crippen molar-refractivity contribution in [1.29, 1.82) is 0 Å². The van der Waals surface area contributed by atoms with Gasteiger partial charge in [-0.1, -0.05) is 19.1 Å². The van der Waals surface area contributed by atoms with Crippen LogP contribution in [0.2, 0.25) is 0 Å². The summed E-state index contributed by atoms with van der Waals surface area (Å²) in [7, 11) is 0. The van der Waals surface area contributed by atoms with E-state index in [1.807, 2.05) is 28.8 Å². The number of aliphatic carboxylic acids is 1. The first-order valence-corrected chi connectivity index (χ1v) is 6.38. The topological polar surface area (TPSA) is 55.1 Å². The fraction of sp³-hybridized carbons (Fsp3) is 0.385. The number of benzene rings is 1. The lowest BCUT2D eigenvalue weighted by molar-refractivity contribution is -0.136. The van der Waals surface area contributed by atoms with Crippen LogP contribution in [0, 0.1) is 0 Å². The maximum atomic E-state index is 10.9. The molecular formula is C13H15ClN2O2. The Morgan fingerprint density at radius 3 is 2.89 bits per heavy atom. The van der Waals surface area contributed by atoms with Crippen molar-refractivity contribution in [3.8, 4) is 0 Å². The van der Waals surface area contributed by atoms with Gasteiger partial charge in [-0.3, -0.25) is 4.79 Å². The lowest BCUT2D eigenvalue weighted by Gasteiger charge is -2.10. The largest absolute Gasteiger partial charge is 0.480 e. The summed E-state index contributed by atoms with van der Waals surface area (Å²) >= 11 is 5.83. The van der Waals surface area contributed by atoms with Crippen LogP contribution in [0.4, 0.5) is 0 Å². The molecule has 1 aromatic heterocycles. The van der Waals surface area contributed by atoms with Crippen molar-refractivity contribution in [2.45, 2.75) is 31.7 Å². The molecule has 1 unspecified atom stereocenters. The molecule has 0 saturated heterocycles. The third kappa shape index (κ3) is 2.48. The predicted octanol–water partition coefficient (Wildman–Crippen LogP) is 2.68. The van der Waals surface area contributed by atoms with Crippen molar-refractivity contribution < 1.29 is 9.90 Å². The van der Waals surface area contributed by atoms with E-state index in [1.54, 1.807) is 0 Å². The van der Waals surface area contributed by atoms with Crippen molar-refractivity contribution in [3.05, 3.63) is 30.1 Å². The summed E-state index contributed by atoms with van der Waals surface area (Å²) in [5, 5.41) is 7.98. The number of para-hydroxylation sites is 2. The molecule has 0 radical (unpaired) electrons. The Balaban J connectivity index is 2.44. The zero-order chi connectivity index (χ0) is 13.1. The Hall–Kier alpha value is -1.55. The van der Waals surface area contributed by atoms with Crippen molar-refractivity contribution in [1.82, 2.24) is 9.55 Å². The fourth-order valence-corrected chi connectivity index (χ4v) is 2.12. The highest BCUT2D eigenvalue weighted by Gasteiger charge is 2.18. The second-order valence-electron chi connectivity index (χ2n) is 4.18. The van der Waals surface area contributed by atoms with Gasteiger partial charge in [0.15, 0.2) is 0 Å². The summed E-state index contributed by atoms with van der Waals surface area (Å²) in [6.45, 7) is 2.31. The van der Waals surface area contributed by atoms with Crippen LogP contribution in [-0.4, -0.2) is 26.0 Å². The maximum Gasteiger partial charge on any atom is 0.323 e. The quantitative estimate of drug-likeness (QED) is 0.847. The van der Waals surface area contributed by atoms with E-state index in [4.69, 9.17) is 16.7 Å². The molecule has 1 atom stereocenters. The molecule has 0 aliphatic carbocycles. The first-order chi connectivity index (χ1) is 8.63. The predicted molar refractivity (Wildman–Crippen MR) is 71.0 cm³/mol. The monoisotopic (exact) mass is 266 g/mol. The van der Waals surface area contributed by atoms with Crippen molar-refractivity contribution >= 4 is 28.6 Å². The lowest BCUT2D eigenvalue weighted by Crippen LogP contribution is -2.21. The number of hydrogen-bond acceptors (Lipinski definition) is 2. The van der Waals surface area contributed by atoms with E-state index in [2.05, 4.69) is 11.9 Å². The molecule has 0 bridgehead atoms. The molecule has 96 valence electrons. The molecule has 2 aromatic rings. The zero-order valence-electron chi connectivity index (χ0n) is 10.1. The summed E-state index contributed by atoms with van der Waals surface area (Å²) in [5.41, 5.74) is 1.82. The second-order valence-corrected chi connectivity index (χ2v) is 4.71. The van der Waals surface area contributed by atoms with Gasteiger partial charge in [0, 0.05) is 6.42 Å². The highest BCUT2D eigenvalue weighted by molar-refractivity contribution is 6.29. The number of carboxylic acid groups (broad SMARTS) is 1. The van der Waals surface area contributed by atoms with Crippen LogP contribution < -0.4 is 0 Å². The minimum atomic E-state index is -1.00. The molecule has 0 fully saturated rings. The highest BCUT2D eigenvalue weighted by Crippen LogP contribution is 2.18. The van der Waals surface area contributed by atoms with Gasteiger partial charge in [-0.25, -0.2) is 4.98 Å². The number of alkyl halides is 1. The van der Waals surface area contributed by atoms with Crippen LogP contribution in [0.3, 0.4) is 0 Å². The van der Waals surface area contributed by atoms with Gasteiger partial charge in [0.05, 0.1) is 17.6 Å². The Labute approximate surface area is 110 Å². The molecule has 0 aliphatic rings. The Morgan fingerprint density at radius 2 is 2.22 bits per heavy atom. The average molecular weight is 267 g/mol.